The molecular formula is C20H22N4O. The number of rotatable bonds is 3. The van der Waals surface area contributed by atoms with Crippen LogP contribution in [0.3, 0.4) is 0 Å². The van der Waals surface area contributed by atoms with E-state index >= 15 is 0 Å². The average Bonchev–Trinajstić information content (AvgIpc) is 2.68. The molecule has 0 bridgehead atoms. The molecule has 2 aromatic carbocycles. The molecule has 1 aliphatic rings. The minimum Gasteiger partial charge on any atom is -0.368 e. The van der Waals surface area contributed by atoms with Crippen molar-refractivity contribution < 1.29 is 4.79 Å². The molecule has 0 saturated carbocycles. The fourth-order valence-corrected chi connectivity index (χ4v) is 3.06. The number of hydrogen-bond acceptors (Lipinski definition) is 3. The van der Waals surface area contributed by atoms with Crippen molar-refractivity contribution in [2.75, 3.05) is 36.4 Å². The van der Waals surface area contributed by atoms with Crippen molar-refractivity contribution in [1.29, 1.82) is 5.26 Å². The van der Waals surface area contributed by atoms with E-state index in [0.717, 1.165) is 36.4 Å². The van der Waals surface area contributed by atoms with Crippen LogP contribution in [0.4, 0.5) is 16.2 Å². The summed E-state index contributed by atoms with van der Waals surface area (Å²) in [6.45, 7) is 5.02. The number of para-hydroxylation sites is 1. The number of carbonyl (C=O) groups is 1. The van der Waals surface area contributed by atoms with E-state index in [1.54, 1.807) is 0 Å². The lowest BCUT2D eigenvalue weighted by Crippen LogP contribution is -2.50. The van der Waals surface area contributed by atoms with Crippen LogP contribution < -0.4 is 10.2 Å². The summed E-state index contributed by atoms with van der Waals surface area (Å²) in [5.74, 6) is 0. The van der Waals surface area contributed by atoms with Gasteiger partial charge in [-0.15, -0.1) is 0 Å². The van der Waals surface area contributed by atoms with Crippen LogP contribution in [-0.2, 0) is 6.42 Å². The number of urea groups is 1. The number of benzene rings is 2. The van der Waals surface area contributed by atoms with Gasteiger partial charge in [0.05, 0.1) is 11.6 Å². The van der Waals surface area contributed by atoms with E-state index in [9.17, 15) is 4.79 Å². The zero-order chi connectivity index (χ0) is 17.6. The Kier molecular flexibility index (Phi) is 5.20. The summed E-state index contributed by atoms with van der Waals surface area (Å²) in [6, 6.07) is 17.6. The SMILES string of the molecule is CCc1ccccc1NC(=O)N1CCN(c2ccc(C#N)cc2)CC1. The van der Waals surface area contributed by atoms with Crippen LogP contribution in [0.1, 0.15) is 18.1 Å². The van der Waals surface area contributed by atoms with E-state index in [1.165, 1.54) is 0 Å². The molecule has 1 heterocycles. The Balaban J connectivity index is 1.58. The molecule has 1 aliphatic heterocycles. The monoisotopic (exact) mass is 334 g/mol. The molecule has 25 heavy (non-hydrogen) atoms. The highest BCUT2D eigenvalue weighted by atomic mass is 16.2. The first-order valence-corrected chi connectivity index (χ1v) is 8.60. The Morgan fingerprint density at radius 1 is 1.08 bits per heavy atom. The Labute approximate surface area is 148 Å². The van der Waals surface area contributed by atoms with Crippen LogP contribution in [0.25, 0.3) is 0 Å². The lowest BCUT2D eigenvalue weighted by Gasteiger charge is -2.36. The summed E-state index contributed by atoms with van der Waals surface area (Å²) in [6.07, 6.45) is 0.892. The molecule has 1 saturated heterocycles. The van der Waals surface area contributed by atoms with Gasteiger partial charge < -0.3 is 15.1 Å². The van der Waals surface area contributed by atoms with Gasteiger partial charge >= 0.3 is 6.03 Å². The third-order valence-electron chi connectivity index (χ3n) is 4.57. The van der Waals surface area contributed by atoms with Gasteiger partial charge in [-0.25, -0.2) is 4.79 Å². The van der Waals surface area contributed by atoms with Crippen LogP contribution in [0, 0.1) is 11.3 Å². The molecule has 0 atom stereocenters. The van der Waals surface area contributed by atoms with Gasteiger partial charge in [-0.3, -0.25) is 0 Å². The maximum Gasteiger partial charge on any atom is 0.321 e. The fourth-order valence-electron chi connectivity index (χ4n) is 3.06. The number of carbonyl (C=O) groups excluding carboxylic acids is 1. The van der Waals surface area contributed by atoms with Crippen molar-refractivity contribution >= 4 is 17.4 Å². The number of nitrogens with one attached hydrogen (secondary N) is 1. The van der Waals surface area contributed by atoms with Crippen molar-refractivity contribution in [1.82, 2.24) is 4.90 Å². The highest BCUT2D eigenvalue weighted by molar-refractivity contribution is 5.90. The van der Waals surface area contributed by atoms with Crippen LogP contribution in [0.5, 0.6) is 0 Å². The molecule has 3 rings (SSSR count). The summed E-state index contributed by atoms with van der Waals surface area (Å²) in [4.78, 5) is 16.6. The van der Waals surface area contributed by atoms with Gasteiger partial charge in [0.2, 0.25) is 0 Å². The van der Waals surface area contributed by atoms with Gasteiger partial charge in [0.15, 0.2) is 0 Å². The summed E-state index contributed by atoms with van der Waals surface area (Å²) >= 11 is 0. The highest BCUT2D eigenvalue weighted by Crippen LogP contribution is 2.19. The number of nitrogens with zero attached hydrogens (tertiary/aromatic N) is 3. The maximum atomic E-state index is 12.5. The Morgan fingerprint density at radius 3 is 2.40 bits per heavy atom. The molecule has 0 aromatic heterocycles. The molecule has 1 fully saturated rings. The summed E-state index contributed by atoms with van der Waals surface area (Å²) < 4.78 is 0. The van der Waals surface area contributed by atoms with Crippen molar-refractivity contribution in [3.05, 3.63) is 59.7 Å². The number of nitriles is 1. The zero-order valence-corrected chi connectivity index (χ0v) is 14.4. The predicted octanol–water partition coefficient (Wildman–Crippen LogP) is 3.47. The van der Waals surface area contributed by atoms with Crippen LogP contribution in [-0.4, -0.2) is 37.1 Å². The second kappa shape index (κ2) is 7.71. The van der Waals surface area contributed by atoms with Gasteiger partial charge in [-0.05, 0) is 42.3 Å². The molecule has 128 valence electrons. The van der Waals surface area contributed by atoms with Gasteiger partial charge in [0.1, 0.15) is 0 Å². The van der Waals surface area contributed by atoms with Crippen LogP contribution in [0.15, 0.2) is 48.5 Å². The van der Waals surface area contributed by atoms with Crippen molar-refractivity contribution in [2.24, 2.45) is 0 Å². The quantitative estimate of drug-likeness (QED) is 0.935. The Morgan fingerprint density at radius 2 is 1.76 bits per heavy atom. The zero-order valence-electron chi connectivity index (χ0n) is 14.4. The van der Waals surface area contributed by atoms with Crippen molar-refractivity contribution in [2.45, 2.75) is 13.3 Å². The molecule has 0 spiro atoms. The molecular weight excluding hydrogens is 312 g/mol. The van der Waals surface area contributed by atoms with E-state index in [4.69, 9.17) is 5.26 Å². The van der Waals surface area contributed by atoms with Crippen LogP contribution >= 0.6 is 0 Å². The smallest absolute Gasteiger partial charge is 0.321 e. The average molecular weight is 334 g/mol. The van der Waals surface area contributed by atoms with Gasteiger partial charge in [0.25, 0.3) is 0 Å². The molecule has 5 nitrogen and oxygen atoms in total. The number of anilines is 2. The molecule has 1 N–H and O–H groups in total. The summed E-state index contributed by atoms with van der Waals surface area (Å²) in [7, 11) is 0. The van der Waals surface area contributed by atoms with E-state index < -0.39 is 0 Å². The minimum atomic E-state index is -0.0413. The second-order valence-corrected chi connectivity index (χ2v) is 6.07. The first-order valence-electron chi connectivity index (χ1n) is 8.60. The minimum absolute atomic E-state index is 0.0413. The number of aryl methyl sites for hydroxylation is 1. The van der Waals surface area contributed by atoms with E-state index in [2.05, 4.69) is 23.2 Å². The van der Waals surface area contributed by atoms with Gasteiger partial charge in [0, 0.05) is 37.6 Å². The second-order valence-electron chi connectivity index (χ2n) is 6.07. The number of piperazine rings is 1. The largest absolute Gasteiger partial charge is 0.368 e. The standard InChI is InChI=1S/C20H22N4O/c1-2-17-5-3-4-6-19(17)22-20(25)24-13-11-23(12-14-24)18-9-7-16(15-21)8-10-18/h3-10H,2,11-14H2,1H3,(H,22,25). The van der Waals surface area contributed by atoms with Crippen molar-refractivity contribution in [3.63, 3.8) is 0 Å². The predicted molar refractivity (Wildman–Crippen MR) is 99.8 cm³/mol. The molecule has 0 unspecified atom stereocenters. The summed E-state index contributed by atoms with van der Waals surface area (Å²) in [5, 5.41) is 11.9. The third-order valence-corrected chi connectivity index (χ3v) is 4.57. The van der Waals surface area contributed by atoms with E-state index in [-0.39, 0.29) is 6.03 Å². The third kappa shape index (κ3) is 3.92. The van der Waals surface area contributed by atoms with Gasteiger partial charge in [-0.1, -0.05) is 25.1 Å². The molecule has 2 amide bonds. The fraction of sp³-hybridized carbons (Fsp3) is 0.300. The maximum absolute atomic E-state index is 12.5. The number of amides is 2. The van der Waals surface area contributed by atoms with Crippen LogP contribution in [0.2, 0.25) is 0 Å². The van der Waals surface area contributed by atoms with E-state index in [1.807, 2.05) is 53.4 Å². The lowest BCUT2D eigenvalue weighted by molar-refractivity contribution is 0.208. The lowest BCUT2D eigenvalue weighted by atomic mass is 10.1. The normalized spacial score (nSPS) is 14.1. The molecule has 5 heteroatoms. The molecule has 0 radical (unpaired) electrons. The van der Waals surface area contributed by atoms with Gasteiger partial charge in [-0.2, -0.15) is 5.26 Å². The first kappa shape index (κ1) is 16.8. The number of hydrogen-bond donors (Lipinski definition) is 1. The van der Waals surface area contributed by atoms with Crippen molar-refractivity contribution in [3.8, 4) is 6.07 Å². The summed E-state index contributed by atoms with van der Waals surface area (Å²) in [5.41, 5.74) is 3.79. The Bertz CT molecular complexity index is 771. The van der Waals surface area contributed by atoms with E-state index in [0.29, 0.717) is 18.7 Å². The highest BCUT2D eigenvalue weighted by Gasteiger charge is 2.21. The molecule has 0 aliphatic carbocycles. The first-order chi connectivity index (χ1) is 12.2. The molecule has 2 aromatic rings. The topological polar surface area (TPSA) is 59.4 Å². The Hall–Kier alpha value is -3.00.